The van der Waals surface area contributed by atoms with Crippen LogP contribution in [0.1, 0.15) is 25.0 Å². The van der Waals surface area contributed by atoms with Crippen LogP contribution in [-0.4, -0.2) is 11.0 Å². The first-order valence-corrected chi connectivity index (χ1v) is 4.53. The number of carbonyl (C=O) groups excluding carboxylic acids is 1. The molecule has 2 heterocycles. The van der Waals surface area contributed by atoms with E-state index in [1.807, 2.05) is 19.1 Å². The second-order valence-corrected chi connectivity index (χ2v) is 3.41. The third-order valence-corrected chi connectivity index (χ3v) is 2.19. The van der Waals surface area contributed by atoms with Crippen LogP contribution in [-0.2, 0) is 9.53 Å². The molecule has 0 saturated carbocycles. The molecule has 1 aliphatic heterocycles. The van der Waals surface area contributed by atoms with E-state index in [0.717, 1.165) is 17.6 Å². The summed E-state index contributed by atoms with van der Waals surface area (Å²) < 4.78 is 5.19. The standard InChI is InChI=1S/C11H11NO2/c1-8-5-10(14-11(13)6-8)9-3-2-4-12-7-9/h2-4,6-7,10H,5H2,1H3. The Labute approximate surface area is 82.4 Å². The summed E-state index contributed by atoms with van der Waals surface area (Å²) in [5, 5.41) is 0. The number of nitrogens with zero attached hydrogens (tertiary/aromatic N) is 1. The van der Waals surface area contributed by atoms with E-state index in [9.17, 15) is 4.79 Å². The van der Waals surface area contributed by atoms with Crippen molar-refractivity contribution in [2.45, 2.75) is 19.4 Å². The SMILES string of the molecule is CC1=CC(=O)OC(c2cccnc2)C1. The predicted molar refractivity (Wildman–Crippen MR) is 51.4 cm³/mol. The zero-order valence-electron chi connectivity index (χ0n) is 7.93. The van der Waals surface area contributed by atoms with Gasteiger partial charge in [-0.25, -0.2) is 4.79 Å². The van der Waals surface area contributed by atoms with Gasteiger partial charge in [0.1, 0.15) is 6.10 Å². The molecule has 3 heteroatoms. The van der Waals surface area contributed by atoms with Gasteiger partial charge in [-0.1, -0.05) is 11.6 Å². The van der Waals surface area contributed by atoms with Crippen LogP contribution in [0.25, 0.3) is 0 Å². The molecule has 0 saturated heterocycles. The number of rotatable bonds is 1. The molecule has 0 N–H and O–H groups in total. The van der Waals surface area contributed by atoms with Crippen LogP contribution in [0, 0.1) is 0 Å². The van der Waals surface area contributed by atoms with Crippen molar-refractivity contribution in [1.82, 2.24) is 4.98 Å². The van der Waals surface area contributed by atoms with Crippen molar-refractivity contribution in [3.63, 3.8) is 0 Å². The summed E-state index contributed by atoms with van der Waals surface area (Å²) >= 11 is 0. The summed E-state index contributed by atoms with van der Waals surface area (Å²) in [5.74, 6) is -0.261. The lowest BCUT2D eigenvalue weighted by Crippen LogP contribution is -2.15. The van der Waals surface area contributed by atoms with Gasteiger partial charge in [0.15, 0.2) is 0 Å². The molecule has 0 amide bonds. The average Bonchev–Trinajstić information content (AvgIpc) is 2.18. The van der Waals surface area contributed by atoms with Gasteiger partial charge < -0.3 is 4.74 Å². The third-order valence-electron chi connectivity index (χ3n) is 2.19. The van der Waals surface area contributed by atoms with Crippen molar-refractivity contribution in [2.75, 3.05) is 0 Å². The number of carbonyl (C=O) groups is 1. The summed E-state index contributed by atoms with van der Waals surface area (Å²) in [6.07, 6.45) is 5.57. The van der Waals surface area contributed by atoms with Gasteiger partial charge in [0.2, 0.25) is 0 Å². The fourth-order valence-electron chi connectivity index (χ4n) is 1.52. The number of hydrogen-bond acceptors (Lipinski definition) is 3. The lowest BCUT2D eigenvalue weighted by atomic mass is 10.0. The van der Waals surface area contributed by atoms with E-state index in [1.54, 1.807) is 12.4 Å². The van der Waals surface area contributed by atoms with E-state index in [1.165, 1.54) is 6.08 Å². The molecular formula is C11H11NO2. The van der Waals surface area contributed by atoms with Gasteiger partial charge in [0.05, 0.1) is 0 Å². The van der Waals surface area contributed by atoms with Crippen LogP contribution >= 0.6 is 0 Å². The highest BCUT2D eigenvalue weighted by Gasteiger charge is 2.20. The van der Waals surface area contributed by atoms with Crippen LogP contribution in [0.5, 0.6) is 0 Å². The van der Waals surface area contributed by atoms with Crippen molar-refractivity contribution >= 4 is 5.97 Å². The summed E-state index contributed by atoms with van der Waals surface area (Å²) in [7, 11) is 0. The second-order valence-electron chi connectivity index (χ2n) is 3.41. The molecule has 1 aliphatic rings. The molecule has 72 valence electrons. The number of pyridine rings is 1. The number of hydrogen-bond donors (Lipinski definition) is 0. The van der Waals surface area contributed by atoms with Crippen molar-refractivity contribution < 1.29 is 9.53 Å². The number of ether oxygens (including phenoxy) is 1. The third kappa shape index (κ3) is 1.82. The van der Waals surface area contributed by atoms with Crippen LogP contribution in [0.15, 0.2) is 36.2 Å². The maximum atomic E-state index is 11.1. The van der Waals surface area contributed by atoms with Crippen LogP contribution in [0.3, 0.4) is 0 Å². The summed E-state index contributed by atoms with van der Waals surface area (Å²) in [6, 6.07) is 3.76. The smallest absolute Gasteiger partial charge is 0.331 e. The molecule has 1 unspecified atom stereocenters. The highest BCUT2D eigenvalue weighted by Crippen LogP contribution is 2.27. The van der Waals surface area contributed by atoms with Crippen molar-refractivity contribution in [2.24, 2.45) is 0 Å². The number of cyclic esters (lactones) is 1. The van der Waals surface area contributed by atoms with Crippen LogP contribution in [0.4, 0.5) is 0 Å². The molecular weight excluding hydrogens is 178 g/mol. The van der Waals surface area contributed by atoms with Crippen molar-refractivity contribution in [1.29, 1.82) is 0 Å². The summed E-state index contributed by atoms with van der Waals surface area (Å²) in [5.41, 5.74) is 2.00. The first kappa shape index (κ1) is 8.94. The van der Waals surface area contributed by atoms with Gasteiger partial charge in [-0.15, -0.1) is 0 Å². The molecule has 0 fully saturated rings. The van der Waals surface area contributed by atoms with Gasteiger partial charge in [-0.05, 0) is 13.0 Å². The Hall–Kier alpha value is -1.64. The molecule has 0 bridgehead atoms. The maximum Gasteiger partial charge on any atom is 0.331 e. The molecule has 0 spiro atoms. The molecule has 1 atom stereocenters. The zero-order chi connectivity index (χ0) is 9.97. The molecule has 1 aromatic rings. The first-order valence-electron chi connectivity index (χ1n) is 4.53. The molecule has 0 aliphatic carbocycles. The Morgan fingerprint density at radius 3 is 3.07 bits per heavy atom. The van der Waals surface area contributed by atoms with E-state index >= 15 is 0 Å². The minimum atomic E-state index is -0.261. The fourth-order valence-corrected chi connectivity index (χ4v) is 1.52. The Kier molecular flexibility index (Phi) is 2.31. The van der Waals surface area contributed by atoms with Crippen LogP contribution in [0.2, 0.25) is 0 Å². The van der Waals surface area contributed by atoms with Gasteiger partial charge in [-0.2, -0.15) is 0 Å². The van der Waals surface area contributed by atoms with Crippen molar-refractivity contribution in [3.05, 3.63) is 41.7 Å². The lowest BCUT2D eigenvalue weighted by molar-refractivity contribution is -0.144. The highest BCUT2D eigenvalue weighted by atomic mass is 16.5. The fraction of sp³-hybridized carbons (Fsp3) is 0.273. The van der Waals surface area contributed by atoms with E-state index in [-0.39, 0.29) is 12.1 Å². The number of aromatic nitrogens is 1. The zero-order valence-corrected chi connectivity index (χ0v) is 7.93. The Morgan fingerprint density at radius 1 is 1.57 bits per heavy atom. The average molecular weight is 189 g/mol. The summed E-state index contributed by atoms with van der Waals surface area (Å²) in [4.78, 5) is 15.1. The molecule has 1 aromatic heterocycles. The Morgan fingerprint density at radius 2 is 2.43 bits per heavy atom. The van der Waals surface area contributed by atoms with Gasteiger partial charge in [-0.3, -0.25) is 4.98 Å². The molecule has 0 aromatic carbocycles. The first-order chi connectivity index (χ1) is 6.75. The van der Waals surface area contributed by atoms with E-state index in [0.29, 0.717) is 0 Å². The Bertz CT molecular complexity index is 370. The molecule has 0 radical (unpaired) electrons. The van der Waals surface area contributed by atoms with Gasteiger partial charge in [0, 0.05) is 30.5 Å². The largest absolute Gasteiger partial charge is 0.454 e. The predicted octanol–water partition coefficient (Wildman–Crippen LogP) is 2.02. The van der Waals surface area contributed by atoms with Gasteiger partial charge in [0.25, 0.3) is 0 Å². The lowest BCUT2D eigenvalue weighted by Gasteiger charge is -2.21. The van der Waals surface area contributed by atoms with Crippen LogP contribution < -0.4 is 0 Å². The number of esters is 1. The normalized spacial score (nSPS) is 21.4. The minimum Gasteiger partial charge on any atom is -0.454 e. The van der Waals surface area contributed by atoms with Crippen molar-refractivity contribution in [3.8, 4) is 0 Å². The van der Waals surface area contributed by atoms with E-state index in [4.69, 9.17) is 4.74 Å². The second kappa shape index (κ2) is 3.62. The minimum absolute atomic E-state index is 0.166. The Balaban J connectivity index is 2.22. The quantitative estimate of drug-likeness (QED) is 0.634. The van der Waals surface area contributed by atoms with Gasteiger partial charge >= 0.3 is 5.97 Å². The molecule has 14 heavy (non-hydrogen) atoms. The highest BCUT2D eigenvalue weighted by molar-refractivity contribution is 5.83. The molecule has 2 rings (SSSR count). The summed E-state index contributed by atoms with van der Waals surface area (Å²) in [6.45, 7) is 1.93. The van der Waals surface area contributed by atoms with E-state index < -0.39 is 0 Å². The molecule has 3 nitrogen and oxygen atoms in total. The maximum absolute atomic E-state index is 11.1. The van der Waals surface area contributed by atoms with E-state index in [2.05, 4.69) is 4.98 Å². The topological polar surface area (TPSA) is 39.2 Å². The monoisotopic (exact) mass is 189 g/mol.